The molecule has 1 heterocycles. The van der Waals surface area contributed by atoms with Crippen LogP contribution < -0.4 is 5.32 Å². The van der Waals surface area contributed by atoms with Gasteiger partial charge in [0.15, 0.2) is 8.32 Å². The highest BCUT2D eigenvalue weighted by atomic mass is 28.4. The largest absolute Gasteiger partial charge is 0.409 e. The summed E-state index contributed by atoms with van der Waals surface area (Å²) in [5.74, 6) is 0. The number of hydrogen-bond donors (Lipinski definition) is 1. The van der Waals surface area contributed by atoms with Gasteiger partial charge in [-0.05, 0) is 40.9 Å². The topological polar surface area (TPSA) is 34.1 Å². The SMILES string of the molecule is CC[Si](CC)(CC)OC(CNC(c1ccccc1)c1ccccc1)c1cccnc1. The van der Waals surface area contributed by atoms with Crippen molar-refractivity contribution in [3.8, 4) is 0 Å². The Morgan fingerprint density at radius 2 is 1.30 bits per heavy atom. The number of nitrogens with one attached hydrogen (secondary N) is 1. The number of nitrogens with zero attached hydrogens (tertiary/aromatic N) is 1. The minimum Gasteiger partial charge on any atom is -0.409 e. The van der Waals surface area contributed by atoms with Crippen LogP contribution in [0.1, 0.15) is 49.6 Å². The molecule has 0 amide bonds. The first-order chi connectivity index (χ1) is 14.7. The third-order valence-electron chi connectivity index (χ3n) is 6.15. The number of hydrogen-bond acceptors (Lipinski definition) is 3. The predicted octanol–water partition coefficient (Wildman–Crippen LogP) is 6.52. The molecular formula is C26H34N2OSi. The Morgan fingerprint density at radius 3 is 1.77 bits per heavy atom. The average Bonchev–Trinajstić information content (AvgIpc) is 2.83. The van der Waals surface area contributed by atoms with Gasteiger partial charge in [0.1, 0.15) is 0 Å². The van der Waals surface area contributed by atoms with Gasteiger partial charge < -0.3 is 9.74 Å². The number of pyridine rings is 1. The van der Waals surface area contributed by atoms with Crippen LogP contribution in [0.5, 0.6) is 0 Å². The summed E-state index contributed by atoms with van der Waals surface area (Å²) in [4.78, 5) is 4.36. The second kappa shape index (κ2) is 11.2. The molecule has 0 aliphatic rings. The lowest BCUT2D eigenvalue weighted by Crippen LogP contribution is -2.40. The van der Waals surface area contributed by atoms with Gasteiger partial charge in [-0.2, -0.15) is 0 Å². The van der Waals surface area contributed by atoms with Crippen LogP contribution in [0.4, 0.5) is 0 Å². The van der Waals surface area contributed by atoms with Gasteiger partial charge in [0.2, 0.25) is 0 Å². The maximum Gasteiger partial charge on any atom is 0.192 e. The van der Waals surface area contributed by atoms with Crippen LogP contribution in [0.3, 0.4) is 0 Å². The molecule has 1 unspecified atom stereocenters. The molecule has 3 nitrogen and oxygen atoms in total. The highest BCUT2D eigenvalue weighted by Gasteiger charge is 2.33. The third kappa shape index (κ3) is 5.66. The van der Waals surface area contributed by atoms with E-state index >= 15 is 0 Å². The summed E-state index contributed by atoms with van der Waals surface area (Å²) in [7, 11) is -1.76. The molecule has 4 heteroatoms. The van der Waals surface area contributed by atoms with Crippen LogP contribution in [-0.2, 0) is 4.43 Å². The molecule has 158 valence electrons. The Bertz CT molecular complexity index is 806. The van der Waals surface area contributed by atoms with E-state index in [0.29, 0.717) is 0 Å². The molecule has 3 aromatic rings. The Kier molecular flexibility index (Phi) is 8.37. The van der Waals surface area contributed by atoms with Crippen molar-refractivity contribution in [1.82, 2.24) is 10.3 Å². The normalized spacial score (nSPS) is 12.8. The number of rotatable bonds is 11. The Hall–Kier alpha value is -2.27. The molecule has 0 aliphatic heterocycles. The lowest BCUT2D eigenvalue weighted by molar-refractivity contribution is 0.183. The zero-order chi connectivity index (χ0) is 21.2. The van der Waals surface area contributed by atoms with Gasteiger partial charge in [0.25, 0.3) is 0 Å². The third-order valence-corrected chi connectivity index (χ3v) is 10.8. The van der Waals surface area contributed by atoms with Gasteiger partial charge in [-0.25, -0.2) is 0 Å². The van der Waals surface area contributed by atoms with Crippen molar-refractivity contribution in [3.05, 3.63) is 102 Å². The molecule has 1 atom stereocenters. The van der Waals surface area contributed by atoms with Gasteiger partial charge >= 0.3 is 0 Å². The fourth-order valence-corrected chi connectivity index (χ4v) is 6.86. The second-order valence-corrected chi connectivity index (χ2v) is 12.5. The summed E-state index contributed by atoms with van der Waals surface area (Å²) < 4.78 is 6.93. The van der Waals surface area contributed by atoms with E-state index in [1.54, 1.807) is 0 Å². The monoisotopic (exact) mass is 418 g/mol. The van der Waals surface area contributed by atoms with Gasteiger partial charge in [-0.15, -0.1) is 0 Å². The standard InChI is InChI=1S/C26H34N2OSi/c1-4-30(5-2,6-3)29-25(24-18-13-19-27-20-24)21-28-26(22-14-9-7-10-15-22)23-16-11-8-12-17-23/h7-20,25-26,28H,4-6,21H2,1-3H3. The summed E-state index contributed by atoms with van der Waals surface area (Å²) in [6.07, 6.45) is 3.78. The van der Waals surface area contributed by atoms with E-state index in [1.807, 2.05) is 18.5 Å². The Morgan fingerprint density at radius 1 is 0.767 bits per heavy atom. The van der Waals surface area contributed by atoms with Crippen LogP contribution in [-0.4, -0.2) is 19.8 Å². The van der Waals surface area contributed by atoms with E-state index in [2.05, 4.69) is 97.8 Å². The molecule has 0 spiro atoms. The first-order valence-corrected chi connectivity index (χ1v) is 13.6. The van der Waals surface area contributed by atoms with E-state index in [9.17, 15) is 0 Å². The van der Waals surface area contributed by atoms with E-state index in [0.717, 1.165) is 30.2 Å². The molecule has 30 heavy (non-hydrogen) atoms. The fourth-order valence-electron chi connectivity index (χ4n) is 4.04. The summed E-state index contributed by atoms with van der Waals surface area (Å²) in [6, 6.07) is 29.0. The summed E-state index contributed by atoms with van der Waals surface area (Å²) in [6.45, 7) is 7.59. The molecule has 1 aromatic heterocycles. The lowest BCUT2D eigenvalue weighted by atomic mass is 9.98. The zero-order valence-corrected chi connectivity index (χ0v) is 19.4. The Balaban J connectivity index is 1.87. The van der Waals surface area contributed by atoms with Crippen LogP contribution in [0.15, 0.2) is 85.2 Å². The van der Waals surface area contributed by atoms with Gasteiger partial charge in [0, 0.05) is 18.9 Å². The van der Waals surface area contributed by atoms with E-state index in [-0.39, 0.29) is 12.1 Å². The van der Waals surface area contributed by atoms with Gasteiger partial charge in [-0.1, -0.05) is 87.5 Å². The van der Waals surface area contributed by atoms with Crippen molar-refractivity contribution >= 4 is 8.32 Å². The van der Waals surface area contributed by atoms with Crippen molar-refractivity contribution in [3.63, 3.8) is 0 Å². The van der Waals surface area contributed by atoms with Crippen molar-refractivity contribution in [1.29, 1.82) is 0 Å². The van der Waals surface area contributed by atoms with Crippen LogP contribution in [0.25, 0.3) is 0 Å². The van der Waals surface area contributed by atoms with Crippen LogP contribution in [0, 0.1) is 0 Å². The number of benzene rings is 2. The highest BCUT2D eigenvalue weighted by molar-refractivity contribution is 6.73. The molecule has 0 radical (unpaired) electrons. The maximum atomic E-state index is 6.93. The molecular weight excluding hydrogens is 384 g/mol. The van der Waals surface area contributed by atoms with E-state index in [1.165, 1.54) is 11.1 Å². The smallest absolute Gasteiger partial charge is 0.192 e. The van der Waals surface area contributed by atoms with Gasteiger partial charge in [0.05, 0.1) is 12.1 Å². The van der Waals surface area contributed by atoms with Crippen molar-refractivity contribution in [2.45, 2.75) is 51.0 Å². The Labute approximate surface area is 182 Å². The minimum absolute atomic E-state index is 0.000131. The lowest BCUT2D eigenvalue weighted by Gasteiger charge is -2.34. The molecule has 0 saturated heterocycles. The quantitative estimate of drug-likeness (QED) is 0.360. The van der Waals surface area contributed by atoms with E-state index < -0.39 is 8.32 Å². The zero-order valence-electron chi connectivity index (χ0n) is 18.4. The van der Waals surface area contributed by atoms with Crippen LogP contribution >= 0.6 is 0 Å². The molecule has 1 N–H and O–H groups in total. The van der Waals surface area contributed by atoms with Crippen molar-refractivity contribution < 1.29 is 4.43 Å². The van der Waals surface area contributed by atoms with Crippen LogP contribution in [0.2, 0.25) is 18.1 Å². The second-order valence-electron chi connectivity index (χ2n) is 7.80. The molecule has 0 fully saturated rings. The minimum atomic E-state index is -1.76. The molecule has 0 bridgehead atoms. The first kappa shape index (κ1) is 22.4. The summed E-state index contributed by atoms with van der Waals surface area (Å²) >= 11 is 0. The van der Waals surface area contributed by atoms with Crippen molar-refractivity contribution in [2.24, 2.45) is 0 Å². The number of aromatic nitrogens is 1. The van der Waals surface area contributed by atoms with E-state index in [4.69, 9.17) is 4.43 Å². The first-order valence-electron chi connectivity index (χ1n) is 11.1. The maximum absolute atomic E-state index is 6.93. The molecule has 2 aromatic carbocycles. The average molecular weight is 419 g/mol. The van der Waals surface area contributed by atoms with Crippen molar-refractivity contribution in [2.75, 3.05) is 6.54 Å². The fraction of sp³-hybridized carbons (Fsp3) is 0.346. The predicted molar refractivity (Wildman–Crippen MR) is 128 cm³/mol. The summed E-state index contributed by atoms with van der Waals surface area (Å²) in [5.41, 5.74) is 3.68. The van der Waals surface area contributed by atoms with Gasteiger partial charge in [-0.3, -0.25) is 4.98 Å². The molecule has 0 saturated carbocycles. The molecule has 0 aliphatic carbocycles. The molecule has 3 rings (SSSR count). The summed E-state index contributed by atoms with van der Waals surface area (Å²) in [5, 5.41) is 3.82. The highest BCUT2D eigenvalue weighted by Crippen LogP contribution is 2.30.